The molecule has 0 unspecified atom stereocenters. The van der Waals surface area contributed by atoms with E-state index in [4.69, 9.17) is 10.5 Å². The van der Waals surface area contributed by atoms with Gasteiger partial charge in [0.2, 0.25) is 0 Å². The predicted octanol–water partition coefficient (Wildman–Crippen LogP) is 3.48. The van der Waals surface area contributed by atoms with Gasteiger partial charge in [0, 0.05) is 13.0 Å². The molecule has 0 aliphatic carbocycles. The molecule has 0 bridgehead atoms. The van der Waals surface area contributed by atoms with Crippen LogP contribution in [0.25, 0.3) is 0 Å². The lowest BCUT2D eigenvalue weighted by molar-refractivity contribution is 0.0529. The molecule has 0 spiro atoms. The van der Waals surface area contributed by atoms with Gasteiger partial charge in [-0.05, 0) is 20.8 Å². The lowest BCUT2D eigenvalue weighted by atomic mass is 10.2. The van der Waals surface area contributed by atoms with Gasteiger partial charge in [-0.2, -0.15) is 0 Å². The molecule has 0 saturated heterocycles. The first kappa shape index (κ1) is 17.2. The fourth-order valence-corrected chi connectivity index (χ4v) is 2.82. The minimum Gasteiger partial charge on any atom is -0.462 e. The van der Waals surface area contributed by atoms with Crippen LogP contribution in [0.3, 0.4) is 0 Å². The van der Waals surface area contributed by atoms with Crippen molar-refractivity contribution >= 4 is 33.8 Å². The Labute approximate surface area is 129 Å². The van der Waals surface area contributed by atoms with Gasteiger partial charge in [0.15, 0.2) is 5.78 Å². The number of nitrogens with one attached hydrogen (secondary N) is 1. The molecule has 6 heteroatoms. The van der Waals surface area contributed by atoms with E-state index in [0.29, 0.717) is 22.8 Å². The number of allylic oxidation sites excluding steroid dienone is 1. The van der Waals surface area contributed by atoms with Crippen molar-refractivity contribution in [1.29, 1.82) is 0 Å². The van der Waals surface area contributed by atoms with Crippen LogP contribution in [0.4, 0.5) is 10.7 Å². The van der Waals surface area contributed by atoms with Gasteiger partial charge >= 0.3 is 5.97 Å². The van der Waals surface area contributed by atoms with Gasteiger partial charge < -0.3 is 15.8 Å². The van der Waals surface area contributed by atoms with E-state index in [9.17, 15) is 9.59 Å². The van der Waals surface area contributed by atoms with Crippen LogP contribution in [-0.2, 0) is 4.74 Å². The summed E-state index contributed by atoms with van der Waals surface area (Å²) >= 11 is 1.21. The summed E-state index contributed by atoms with van der Waals surface area (Å²) in [5.74, 6) is -0.570. The number of hydrogen-bond donors (Lipinski definition) is 2. The maximum absolute atomic E-state index is 12.0. The van der Waals surface area contributed by atoms with Crippen molar-refractivity contribution in [2.24, 2.45) is 0 Å². The van der Waals surface area contributed by atoms with E-state index in [0.717, 1.165) is 5.57 Å². The second-order valence-corrected chi connectivity index (χ2v) is 5.73. The lowest BCUT2D eigenvalue weighted by Gasteiger charge is -2.06. The van der Waals surface area contributed by atoms with Crippen molar-refractivity contribution in [3.63, 3.8) is 0 Å². The molecule has 1 rings (SSSR count). The van der Waals surface area contributed by atoms with Crippen LogP contribution in [0, 0.1) is 0 Å². The Morgan fingerprint density at radius 1 is 1.33 bits per heavy atom. The number of ketones is 1. The zero-order valence-corrected chi connectivity index (χ0v) is 13.7. The molecule has 1 heterocycles. The summed E-state index contributed by atoms with van der Waals surface area (Å²) in [6.07, 6.45) is 2.34. The fraction of sp³-hybridized carbons (Fsp3) is 0.467. The Hall–Kier alpha value is -1.82. The molecule has 3 N–H and O–H groups in total. The molecule has 0 aromatic carbocycles. The van der Waals surface area contributed by atoms with E-state index < -0.39 is 5.97 Å². The second-order valence-electron chi connectivity index (χ2n) is 4.71. The number of thiophene rings is 1. The molecule has 0 aliphatic rings. The highest BCUT2D eigenvalue weighted by Crippen LogP contribution is 2.37. The average molecular weight is 310 g/mol. The number of nitrogens with two attached hydrogens (primary N) is 1. The first-order valence-electron chi connectivity index (χ1n) is 6.92. The quantitative estimate of drug-likeness (QED) is 0.458. The Bertz CT molecular complexity index is 558. The van der Waals surface area contributed by atoms with E-state index >= 15 is 0 Å². The molecule has 1 aromatic rings. The number of hydrogen-bond acceptors (Lipinski definition) is 6. The van der Waals surface area contributed by atoms with Crippen molar-refractivity contribution in [1.82, 2.24) is 0 Å². The molecule has 0 atom stereocenters. The van der Waals surface area contributed by atoms with E-state index in [1.165, 1.54) is 11.3 Å². The van der Waals surface area contributed by atoms with Gasteiger partial charge in [-0.3, -0.25) is 4.79 Å². The summed E-state index contributed by atoms with van der Waals surface area (Å²) in [5.41, 5.74) is 7.62. The number of carbonyl (C=O) groups excluding carboxylic acids is 2. The number of Topliss-reactive ketones (excluding diaryl/α,β-unsaturated/α-hetero) is 1. The van der Waals surface area contributed by atoms with Gasteiger partial charge in [-0.25, -0.2) is 4.79 Å². The van der Waals surface area contributed by atoms with Crippen molar-refractivity contribution in [2.75, 3.05) is 24.2 Å². The summed E-state index contributed by atoms with van der Waals surface area (Å²) in [6.45, 7) is 8.30. The minimum atomic E-state index is -0.499. The lowest BCUT2D eigenvalue weighted by Crippen LogP contribution is -2.10. The Morgan fingerprint density at radius 3 is 2.52 bits per heavy atom. The molecule has 5 nitrogen and oxygen atoms in total. The van der Waals surface area contributed by atoms with Crippen LogP contribution in [0.2, 0.25) is 0 Å². The highest BCUT2D eigenvalue weighted by atomic mass is 32.1. The van der Waals surface area contributed by atoms with Gasteiger partial charge in [0.05, 0.1) is 17.2 Å². The Kier molecular flexibility index (Phi) is 6.42. The van der Waals surface area contributed by atoms with Crippen LogP contribution >= 0.6 is 11.3 Å². The van der Waals surface area contributed by atoms with E-state index in [2.05, 4.69) is 5.32 Å². The molecule has 0 amide bonds. The number of ether oxygens (including phenoxy) is 1. The summed E-state index contributed by atoms with van der Waals surface area (Å²) in [7, 11) is 0. The molecule has 21 heavy (non-hydrogen) atoms. The third-order valence-electron chi connectivity index (χ3n) is 2.77. The van der Waals surface area contributed by atoms with Crippen molar-refractivity contribution < 1.29 is 14.3 Å². The first-order valence-corrected chi connectivity index (χ1v) is 7.73. The Morgan fingerprint density at radius 2 is 2.00 bits per heavy atom. The van der Waals surface area contributed by atoms with Gasteiger partial charge in [-0.1, -0.05) is 18.6 Å². The fourth-order valence-electron chi connectivity index (χ4n) is 1.69. The summed E-state index contributed by atoms with van der Waals surface area (Å²) < 4.78 is 5.02. The molecule has 0 radical (unpaired) electrons. The van der Waals surface area contributed by atoms with Crippen LogP contribution in [-0.4, -0.2) is 24.9 Å². The zero-order valence-electron chi connectivity index (χ0n) is 12.9. The molecule has 116 valence electrons. The first-order chi connectivity index (χ1) is 9.92. The third-order valence-corrected chi connectivity index (χ3v) is 3.98. The Balaban J connectivity index is 3.16. The van der Waals surface area contributed by atoms with E-state index in [1.807, 2.05) is 19.9 Å². The number of nitrogen functional groups attached to an aromatic ring is 1. The van der Waals surface area contributed by atoms with Gasteiger partial charge in [0.1, 0.15) is 10.6 Å². The molecular weight excluding hydrogens is 288 g/mol. The zero-order chi connectivity index (χ0) is 16.0. The topological polar surface area (TPSA) is 81.4 Å². The maximum Gasteiger partial charge on any atom is 0.343 e. The largest absolute Gasteiger partial charge is 0.462 e. The van der Waals surface area contributed by atoms with Crippen LogP contribution in [0.1, 0.15) is 54.1 Å². The summed E-state index contributed by atoms with van der Waals surface area (Å²) in [6, 6.07) is 0. The summed E-state index contributed by atoms with van der Waals surface area (Å²) in [5, 5.41) is 3.72. The summed E-state index contributed by atoms with van der Waals surface area (Å²) in [4.78, 5) is 24.4. The second kappa shape index (κ2) is 7.83. The smallest absolute Gasteiger partial charge is 0.343 e. The monoisotopic (exact) mass is 310 g/mol. The van der Waals surface area contributed by atoms with Crippen molar-refractivity contribution in [3.05, 3.63) is 22.1 Å². The highest BCUT2D eigenvalue weighted by Gasteiger charge is 2.25. The third kappa shape index (κ3) is 4.32. The molecule has 0 aliphatic heterocycles. The predicted molar refractivity (Wildman–Crippen MR) is 87.2 cm³/mol. The van der Waals surface area contributed by atoms with Gasteiger partial charge in [-0.15, -0.1) is 11.3 Å². The molecular formula is C15H22N2O3S. The maximum atomic E-state index is 12.0. The van der Waals surface area contributed by atoms with Crippen molar-refractivity contribution in [3.8, 4) is 0 Å². The van der Waals surface area contributed by atoms with Gasteiger partial charge in [0.25, 0.3) is 0 Å². The molecule has 0 saturated carbocycles. The number of esters is 1. The highest BCUT2D eigenvalue weighted by molar-refractivity contribution is 7.19. The molecule has 0 fully saturated rings. The van der Waals surface area contributed by atoms with Crippen LogP contribution < -0.4 is 11.1 Å². The average Bonchev–Trinajstić information content (AvgIpc) is 2.75. The number of carbonyl (C=O) groups is 2. The van der Waals surface area contributed by atoms with E-state index in [-0.39, 0.29) is 23.6 Å². The number of rotatable bonds is 7. The van der Waals surface area contributed by atoms with Crippen LogP contribution in [0.15, 0.2) is 11.6 Å². The van der Waals surface area contributed by atoms with Crippen molar-refractivity contribution in [2.45, 2.75) is 34.1 Å². The molecule has 1 aromatic heterocycles. The van der Waals surface area contributed by atoms with E-state index in [1.54, 1.807) is 13.8 Å². The van der Waals surface area contributed by atoms with Crippen LogP contribution in [0.5, 0.6) is 0 Å². The number of anilines is 2. The standard InChI is InChI=1S/C15H22N2O3S/c1-5-10(18)13-12(16)11(15(19)20-6-2)14(21-13)17-8-7-9(3)4/h7,17H,5-6,8,16H2,1-4H3. The SMILES string of the molecule is CCOC(=O)c1c(NCC=C(C)C)sc(C(=O)CC)c1N. The minimum absolute atomic E-state index is 0.0710. The normalized spacial score (nSPS) is 10.1.